The lowest BCUT2D eigenvalue weighted by molar-refractivity contribution is 0.0962. The first-order valence-electron chi connectivity index (χ1n) is 10.7. The third kappa shape index (κ3) is 4.32. The summed E-state index contributed by atoms with van der Waals surface area (Å²) in [7, 11) is 1.63. The van der Waals surface area contributed by atoms with Crippen molar-refractivity contribution >= 4 is 11.6 Å². The van der Waals surface area contributed by atoms with Crippen LogP contribution in [0, 0.1) is 12.3 Å². The number of nitrogens with zero attached hydrogens (tertiary/aromatic N) is 1. The van der Waals surface area contributed by atoms with E-state index in [1.54, 1.807) is 12.0 Å². The number of rotatable bonds is 4. The minimum absolute atomic E-state index is 0.0572. The van der Waals surface area contributed by atoms with Crippen LogP contribution in [0.15, 0.2) is 24.3 Å². The Labute approximate surface area is 185 Å². The normalized spacial score (nSPS) is 14.1. The van der Waals surface area contributed by atoms with Gasteiger partial charge in [-0.05, 0) is 53.1 Å². The molecule has 1 aliphatic rings. The lowest BCUT2D eigenvalue weighted by Gasteiger charge is -2.28. The third-order valence-electron chi connectivity index (χ3n) is 5.92. The van der Waals surface area contributed by atoms with Gasteiger partial charge in [0.1, 0.15) is 17.3 Å². The molecule has 1 heterocycles. The molecule has 1 aliphatic heterocycles. The van der Waals surface area contributed by atoms with Gasteiger partial charge in [0.15, 0.2) is 5.78 Å². The van der Waals surface area contributed by atoms with Crippen molar-refractivity contribution in [2.24, 2.45) is 0 Å². The fourth-order valence-corrected chi connectivity index (χ4v) is 4.19. The molecule has 0 aromatic heterocycles. The quantitative estimate of drug-likeness (QED) is 0.653. The van der Waals surface area contributed by atoms with Gasteiger partial charge in [0, 0.05) is 28.8 Å². The number of hydrogen-bond donors (Lipinski definition) is 2. The Morgan fingerprint density at radius 1 is 1.06 bits per heavy atom. The number of carbonyl (C=O) groups excluding carboxylic acids is 1. The molecule has 2 aromatic carbocycles. The van der Waals surface area contributed by atoms with Gasteiger partial charge in [-0.25, -0.2) is 0 Å². The number of aryl methyl sites for hydroxylation is 1. The summed E-state index contributed by atoms with van der Waals surface area (Å²) in [6.45, 7) is 14.8. The van der Waals surface area contributed by atoms with Crippen molar-refractivity contribution < 1.29 is 14.6 Å². The molecule has 0 unspecified atom stereocenters. The molecule has 166 valence electrons. The molecular formula is C26H34N2O3. The number of ether oxygens (including phenoxy) is 1. The highest BCUT2D eigenvalue weighted by Crippen LogP contribution is 2.40. The summed E-state index contributed by atoms with van der Waals surface area (Å²) in [6, 6.07) is 7.49. The van der Waals surface area contributed by atoms with Crippen LogP contribution < -0.4 is 4.74 Å². The number of phenolic OH excluding ortho intramolecular Hbond substituents is 1. The van der Waals surface area contributed by atoms with Crippen LogP contribution in [0.5, 0.6) is 11.5 Å². The first kappa shape index (κ1) is 22.9. The summed E-state index contributed by atoms with van der Waals surface area (Å²) in [6.07, 6.45) is 0. The number of carbonyl (C=O) groups is 1. The Bertz CT molecular complexity index is 1020. The number of hydrogen-bond acceptors (Lipinski definition) is 4. The van der Waals surface area contributed by atoms with Crippen LogP contribution in [-0.2, 0) is 17.4 Å². The van der Waals surface area contributed by atoms with E-state index in [0.717, 1.165) is 33.6 Å². The van der Waals surface area contributed by atoms with E-state index in [2.05, 4.69) is 0 Å². The lowest BCUT2D eigenvalue weighted by Crippen LogP contribution is -2.31. The Morgan fingerprint density at radius 2 is 1.61 bits per heavy atom. The molecule has 0 saturated carbocycles. The van der Waals surface area contributed by atoms with Crippen molar-refractivity contribution in [3.05, 3.63) is 57.6 Å². The van der Waals surface area contributed by atoms with E-state index in [1.807, 2.05) is 72.7 Å². The topological polar surface area (TPSA) is 73.6 Å². The average Bonchev–Trinajstić information content (AvgIpc) is 2.95. The standard InChI is InChI=1S/C26H34N2O3/c1-15-9-18(31-8)10-17-13-28(24(27)22(15)17)14-21(29)16-11-19(25(2,3)4)23(30)20(12-16)26(5,6)7/h9-12,27,30H,13-14H2,1-8H3. The minimum Gasteiger partial charge on any atom is -0.507 e. The number of methoxy groups -OCH3 is 1. The molecule has 5 nitrogen and oxygen atoms in total. The summed E-state index contributed by atoms with van der Waals surface area (Å²) in [5, 5.41) is 19.5. The molecule has 2 aromatic rings. The maximum atomic E-state index is 13.3. The van der Waals surface area contributed by atoms with Gasteiger partial charge < -0.3 is 14.7 Å². The fraction of sp³-hybridized carbons (Fsp3) is 0.462. The van der Waals surface area contributed by atoms with E-state index in [1.165, 1.54) is 0 Å². The minimum atomic E-state index is -0.301. The maximum Gasteiger partial charge on any atom is 0.182 e. The van der Waals surface area contributed by atoms with E-state index in [4.69, 9.17) is 10.1 Å². The van der Waals surface area contributed by atoms with Crippen molar-refractivity contribution in [3.8, 4) is 11.5 Å². The SMILES string of the molecule is COc1cc(C)c2c(c1)CN(CC(=O)c1cc(C(C)(C)C)c(O)c(C(C)(C)C)c1)C2=N. The van der Waals surface area contributed by atoms with Gasteiger partial charge in [0.05, 0.1) is 13.7 Å². The Balaban J connectivity index is 1.96. The number of nitrogens with one attached hydrogen (secondary N) is 1. The molecule has 0 amide bonds. The molecule has 0 spiro atoms. The summed E-state index contributed by atoms with van der Waals surface area (Å²) in [5.41, 5.74) is 4.37. The predicted octanol–water partition coefficient (Wildman–Crippen LogP) is 5.33. The van der Waals surface area contributed by atoms with Crippen molar-refractivity contribution in [1.29, 1.82) is 5.41 Å². The van der Waals surface area contributed by atoms with Crippen LogP contribution >= 0.6 is 0 Å². The van der Waals surface area contributed by atoms with E-state index in [9.17, 15) is 9.90 Å². The van der Waals surface area contributed by atoms with Crippen LogP contribution in [0.3, 0.4) is 0 Å². The maximum absolute atomic E-state index is 13.3. The lowest BCUT2D eigenvalue weighted by atomic mass is 9.78. The van der Waals surface area contributed by atoms with Crippen LogP contribution in [-0.4, -0.2) is 35.3 Å². The number of Topliss-reactive ketones (excluding diaryl/α,β-unsaturated/α-hetero) is 1. The molecule has 31 heavy (non-hydrogen) atoms. The molecule has 0 bridgehead atoms. The molecular weight excluding hydrogens is 388 g/mol. The van der Waals surface area contributed by atoms with E-state index in [-0.39, 0.29) is 28.9 Å². The van der Waals surface area contributed by atoms with Crippen LogP contribution in [0.1, 0.15) is 79.7 Å². The van der Waals surface area contributed by atoms with Gasteiger partial charge in [-0.2, -0.15) is 0 Å². The number of ketones is 1. The van der Waals surface area contributed by atoms with Gasteiger partial charge in [-0.1, -0.05) is 41.5 Å². The van der Waals surface area contributed by atoms with E-state index >= 15 is 0 Å². The van der Waals surface area contributed by atoms with Gasteiger partial charge in [-0.15, -0.1) is 0 Å². The first-order valence-corrected chi connectivity index (χ1v) is 10.7. The molecule has 5 heteroatoms. The molecule has 3 rings (SSSR count). The zero-order valence-electron chi connectivity index (χ0n) is 19.9. The zero-order valence-corrected chi connectivity index (χ0v) is 19.9. The summed E-state index contributed by atoms with van der Waals surface area (Å²) in [4.78, 5) is 15.1. The molecule has 0 saturated heterocycles. The van der Waals surface area contributed by atoms with Crippen LogP contribution in [0.25, 0.3) is 0 Å². The van der Waals surface area contributed by atoms with Gasteiger partial charge in [0.25, 0.3) is 0 Å². The Kier molecular flexibility index (Phi) is 5.68. The third-order valence-corrected chi connectivity index (χ3v) is 5.92. The van der Waals surface area contributed by atoms with E-state index in [0.29, 0.717) is 17.9 Å². The Morgan fingerprint density at radius 3 is 2.10 bits per heavy atom. The number of aromatic hydroxyl groups is 1. The fourth-order valence-electron chi connectivity index (χ4n) is 4.19. The van der Waals surface area contributed by atoms with Crippen LogP contribution in [0.2, 0.25) is 0 Å². The molecule has 0 aliphatic carbocycles. The number of phenols is 1. The van der Waals surface area contributed by atoms with Gasteiger partial charge in [-0.3, -0.25) is 10.2 Å². The second kappa shape index (κ2) is 7.70. The summed E-state index contributed by atoms with van der Waals surface area (Å²) >= 11 is 0. The zero-order chi connectivity index (χ0) is 23.3. The monoisotopic (exact) mass is 422 g/mol. The van der Waals surface area contributed by atoms with E-state index < -0.39 is 0 Å². The summed E-state index contributed by atoms with van der Waals surface area (Å²) < 4.78 is 5.36. The highest BCUT2D eigenvalue weighted by Gasteiger charge is 2.31. The number of benzene rings is 2. The average molecular weight is 423 g/mol. The number of fused-ring (bicyclic) bond motifs is 1. The van der Waals surface area contributed by atoms with Crippen LogP contribution in [0.4, 0.5) is 0 Å². The largest absolute Gasteiger partial charge is 0.507 e. The van der Waals surface area contributed by atoms with Gasteiger partial charge >= 0.3 is 0 Å². The van der Waals surface area contributed by atoms with Crippen molar-refractivity contribution in [2.75, 3.05) is 13.7 Å². The predicted molar refractivity (Wildman–Crippen MR) is 125 cm³/mol. The second-order valence-corrected chi connectivity index (χ2v) is 10.5. The van der Waals surface area contributed by atoms with Gasteiger partial charge in [0.2, 0.25) is 0 Å². The van der Waals surface area contributed by atoms with Crippen molar-refractivity contribution in [1.82, 2.24) is 4.90 Å². The second-order valence-electron chi connectivity index (χ2n) is 10.5. The molecule has 2 N–H and O–H groups in total. The summed E-state index contributed by atoms with van der Waals surface area (Å²) in [5.74, 6) is 1.34. The molecule has 0 fully saturated rings. The highest BCUT2D eigenvalue weighted by molar-refractivity contribution is 6.06. The first-order chi connectivity index (χ1) is 14.2. The number of amidine groups is 1. The van der Waals surface area contributed by atoms with Crippen molar-refractivity contribution in [3.63, 3.8) is 0 Å². The van der Waals surface area contributed by atoms with Crippen molar-refractivity contribution in [2.45, 2.75) is 65.8 Å². The molecule has 0 radical (unpaired) electrons. The molecule has 0 atom stereocenters. The Hall–Kier alpha value is -2.82. The highest BCUT2D eigenvalue weighted by atomic mass is 16.5. The smallest absolute Gasteiger partial charge is 0.182 e.